The normalized spacial score (nSPS) is 16.3. The summed E-state index contributed by atoms with van der Waals surface area (Å²) in [4.78, 5) is 26.8. The second kappa shape index (κ2) is 10.0. The Morgan fingerprint density at radius 3 is 2.69 bits per heavy atom. The molecular formula is C23H27FN2O3. The molecule has 154 valence electrons. The summed E-state index contributed by atoms with van der Waals surface area (Å²) in [7, 11) is 0. The molecule has 1 fully saturated rings. The zero-order chi connectivity index (χ0) is 20.6. The first-order valence-electron chi connectivity index (χ1n) is 10.1. The number of ether oxygens (including phenoxy) is 1. The Morgan fingerprint density at radius 2 is 1.93 bits per heavy atom. The molecule has 1 N–H and O–H groups in total. The minimum absolute atomic E-state index is 0.0148. The van der Waals surface area contributed by atoms with Gasteiger partial charge in [0.2, 0.25) is 5.91 Å². The van der Waals surface area contributed by atoms with Crippen molar-refractivity contribution in [2.45, 2.75) is 45.3 Å². The van der Waals surface area contributed by atoms with Gasteiger partial charge in [-0.3, -0.25) is 9.59 Å². The molecule has 1 aliphatic heterocycles. The largest absolute Gasteiger partial charge is 0.488 e. The summed E-state index contributed by atoms with van der Waals surface area (Å²) in [6, 6.07) is 13.2. The number of halogens is 1. The number of carbonyl (C=O) groups excluding carboxylic acids is 2. The smallest absolute Gasteiger partial charge is 0.257 e. The van der Waals surface area contributed by atoms with Crippen molar-refractivity contribution < 1.29 is 18.7 Å². The number of piperidine rings is 1. The maximum atomic E-state index is 13.1. The average Bonchev–Trinajstić information content (AvgIpc) is 2.73. The van der Waals surface area contributed by atoms with Crippen LogP contribution in [0, 0.1) is 5.82 Å². The van der Waals surface area contributed by atoms with Crippen molar-refractivity contribution >= 4 is 11.8 Å². The van der Waals surface area contributed by atoms with Crippen LogP contribution in [-0.4, -0.2) is 35.8 Å². The van der Waals surface area contributed by atoms with E-state index >= 15 is 0 Å². The van der Waals surface area contributed by atoms with Crippen molar-refractivity contribution in [2.75, 3.05) is 13.1 Å². The molecule has 1 saturated heterocycles. The van der Waals surface area contributed by atoms with Crippen molar-refractivity contribution in [1.29, 1.82) is 0 Å². The van der Waals surface area contributed by atoms with E-state index in [-0.39, 0.29) is 30.3 Å². The Bertz CT molecular complexity index is 838. The van der Waals surface area contributed by atoms with Gasteiger partial charge in [-0.05, 0) is 49.1 Å². The first-order chi connectivity index (χ1) is 14.1. The lowest BCUT2D eigenvalue weighted by Crippen LogP contribution is -2.49. The Morgan fingerprint density at radius 1 is 1.17 bits per heavy atom. The van der Waals surface area contributed by atoms with Gasteiger partial charge < -0.3 is 15.0 Å². The first kappa shape index (κ1) is 20.8. The highest BCUT2D eigenvalue weighted by molar-refractivity contribution is 5.97. The summed E-state index contributed by atoms with van der Waals surface area (Å²) < 4.78 is 18.9. The van der Waals surface area contributed by atoms with Gasteiger partial charge in [0.05, 0.1) is 5.56 Å². The summed E-state index contributed by atoms with van der Waals surface area (Å²) in [6.07, 6.45) is 3.04. The average molecular weight is 398 g/mol. The summed E-state index contributed by atoms with van der Waals surface area (Å²) in [6.45, 7) is 3.38. The molecule has 2 amide bonds. The van der Waals surface area contributed by atoms with Gasteiger partial charge in [-0.15, -0.1) is 0 Å². The number of nitrogens with one attached hydrogen (secondary N) is 1. The van der Waals surface area contributed by atoms with Crippen LogP contribution in [-0.2, 0) is 11.4 Å². The van der Waals surface area contributed by atoms with Crippen molar-refractivity contribution in [3.8, 4) is 5.75 Å². The Balaban J connectivity index is 1.65. The topological polar surface area (TPSA) is 58.6 Å². The molecule has 1 atom stereocenters. The van der Waals surface area contributed by atoms with Crippen LogP contribution in [0.1, 0.15) is 48.5 Å². The Kier molecular flexibility index (Phi) is 7.22. The van der Waals surface area contributed by atoms with Crippen molar-refractivity contribution in [1.82, 2.24) is 10.2 Å². The van der Waals surface area contributed by atoms with Crippen molar-refractivity contribution in [2.24, 2.45) is 0 Å². The number of hydrogen-bond acceptors (Lipinski definition) is 3. The number of nitrogens with zero attached hydrogens (tertiary/aromatic N) is 1. The van der Waals surface area contributed by atoms with Crippen molar-refractivity contribution in [3.05, 3.63) is 65.5 Å². The van der Waals surface area contributed by atoms with E-state index in [1.807, 2.05) is 19.1 Å². The molecule has 6 heteroatoms. The third-order valence-electron chi connectivity index (χ3n) is 4.98. The lowest BCUT2D eigenvalue weighted by atomic mass is 10.0. The molecule has 2 aromatic carbocycles. The van der Waals surface area contributed by atoms with E-state index in [2.05, 4.69) is 5.32 Å². The molecular weight excluding hydrogens is 371 g/mol. The number of hydrogen-bond donors (Lipinski definition) is 1. The molecule has 0 bridgehead atoms. The van der Waals surface area contributed by atoms with E-state index in [1.165, 1.54) is 12.1 Å². The van der Waals surface area contributed by atoms with Crippen LogP contribution in [0.4, 0.5) is 4.39 Å². The number of rotatable bonds is 7. The van der Waals surface area contributed by atoms with Gasteiger partial charge in [-0.1, -0.05) is 31.2 Å². The SMILES string of the molecule is CCCC(=O)NC1CCCN(C(=O)c2ccccc2OCc2ccc(F)cc2)C1. The third kappa shape index (κ3) is 5.79. The standard InChI is InChI=1S/C23H27FN2O3/c1-2-6-22(27)25-19-7-5-14-26(15-19)23(28)20-8-3-4-9-21(20)29-16-17-10-12-18(24)13-11-17/h3-4,8-13,19H,2,5-7,14-16H2,1H3,(H,25,27). The van der Waals surface area contributed by atoms with E-state index < -0.39 is 0 Å². The molecule has 2 aromatic rings. The van der Waals surface area contributed by atoms with Crippen LogP contribution in [0.5, 0.6) is 5.75 Å². The highest BCUT2D eigenvalue weighted by Crippen LogP contribution is 2.23. The van der Waals surface area contributed by atoms with Gasteiger partial charge in [0.25, 0.3) is 5.91 Å². The van der Waals surface area contributed by atoms with Crippen molar-refractivity contribution in [3.63, 3.8) is 0 Å². The molecule has 29 heavy (non-hydrogen) atoms. The third-order valence-corrected chi connectivity index (χ3v) is 4.98. The lowest BCUT2D eigenvalue weighted by Gasteiger charge is -2.33. The molecule has 3 rings (SSSR count). The summed E-state index contributed by atoms with van der Waals surface area (Å²) in [5, 5.41) is 3.03. The number of amides is 2. The van der Waals surface area contributed by atoms with E-state index in [9.17, 15) is 14.0 Å². The first-order valence-corrected chi connectivity index (χ1v) is 10.1. The highest BCUT2D eigenvalue weighted by atomic mass is 19.1. The molecule has 1 aliphatic rings. The predicted octanol–water partition coefficient (Wildman–Crippen LogP) is 3.93. The minimum atomic E-state index is -0.296. The Hall–Kier alpha value is -2.89. The molecule has 0 aliphatic carbocycles. The zero-order valence-electron chi connectivity index (χ0n) is 16.7. The molecule has 0 radical (unpaired) electrons. The fraction of sp³-hybridized carbons (Fsp3) is 0.391. The monoisotopic (exact) mass is 398 g/mol. The van der Waals surface area contributed by atoms with Gasteiger partial charge in [0.15, 0.2) is 0 Å². The van der Waals surface area contributed by atoms with Crippen LogP contribution in [0.25, 0.3) is 0 Å². The van der Waals surface area contributed by atoms with Gasteiger partial charge in [0, 0.05) is 25.6 Å². The number of carbonyl (C=O) groups is 2. The summed E-state index contributed by atoms with van der Waals surface area (Å²) in [5.41, 5.74) is 1.32. The number of benzene rings is 2. The van der Waals surface area contributed by atoms with Crippen LogP contribution in [0.15, 0.2) is 48.5 Å². The fourth-order valence-corrected chi connectivity index (χ4v) is 3.49. The molecule has 1 unspecified atom stereocenters. The zero-order valence-corrected chi connectivity index (χ0v) is 16.7. The lowest BCUT2D eigenvalue weighted by molar-refractivity contribution is -0.122. The minimum Gasteiger partial charge on any atom is -0.488 e. The van der Waals surface area contributed by atoms with E-state index in [0.717, 1.165) is 24.8 Å². The van der Waals surface area contributed by atoms with Gasteiger partial charge in [0.1, 0.15) is 18.2 Å². The number of likely N-dealkylation sites (tertiary alicyclic amines) is 1. The van der Waals surface area contributed by atoms with Crippen LogP contribution in [0.3, 0.4) is 0 Å². The highest BCUT2D eigenvalue weighted by Gasteiger charge is 2.27. The quantitative estimate of drug-likeness (QED) is 0.769. The maximum Gasteiger partial charge on any atom is 0.257 e. The fourth-order valence-electron chi connectivity index (χ4n) is 3.49. The Labute approximate surface area is 170 Å². The van der Waals surface area contributed by atoms with Gasteiger partial charge >= 0.3 is 0 Å². The van der Waals surface area contributed by atoms with E-state index in [4.69, 9.17) is 4.74 Å². The van der Waals surface area contributed by atoms with E-state index in [1.54, 1.807) is 29.2 Å². The summed E-state index contributed by atoms with van der Waals surface area (Å²) in [5.74, 6) is 0.137. The summed E-state index contributed by atoms with van der Waals surface area (Å²) >= 11 is 0. The molecule has 5 nitrogen and oxygen atoms in total. The van der Waals surface area contributed by atoms with Gasteiger partial charge in [-0.2, -0.15) is 0 Å². The second-order valence-corrected chi connectivity index (χ2v) is 7.32. The second-order valence-electron chi connectivity index (χ2n) is 7.32. The number of para-hydroxylation sites is 1. The maximum absolute atomic E-state index is 13.1. The van der Waals surface area contributed by atoms with Crippen LogP contribution < -0.4 is 10.1 Å². The van der Waals surface area contributed by atoms with Crippen LogP contribution in [0.2, 0.25) is 0 Å². The molecule has 0 aromatic heterocycles. The molecule has 0 saturated carbocycles. The van der Waals surface area contributed by atoms with Gasteiger partial charge in [-0.25, -0.2) is 4.39 Å². The van der Waals surface area contributed by atoms with E-state index in [0.29, 0.717) is 30.8 Å². The molecule has 1 heterocycles. The molecule has 0 spiro atoms. The predicted molar refractivity (Wildman–Crippen MR) is 109 cm³/mol. The van der Waals surface area contributed by atoms with Crippen LogP contribution >= 0.6 is 0 Å².